The molecule has 0 radical (unpaired) electrons. The first kappa shape index (κ1) is 12.1. The lowest BCUT2D eigenvalue weighted by atomic mass is 9.98. The Morgan fingerprint density at radius 1 is 1.33 bits per heavy atom. The molecule has 0 aliphatic heterocycles. The second-order valence-corrected chi connectivity index (χ2v) is 3.45. The van der Waals surface area contributed by atoms with Gasteiger partial charge >= 0.3 is 6.18 Å². The molecule has 0 aliphatic carbocycles. The van der Waals surface area contributed by atoms with Crippen molar-refractivity contribution < 1.29 is 18.0 Å². The number of hydrogen-bond donors (Lipinski definition) is 2. The number of carbonyl (C=O) groups excluding carboxylic acids is 1. The van der Waals surface area contributed by atoms with E-state index < -0.39 is 23.2 Å². The fourth-order valence-electron chi connectivity index (χ4n) is 1.61. The SMILES string of the molecule is NC(=O)c1cccc(-c2cn[nH]n2)c1C(F)(F)F. The van der Waals surface area contributed by atoms with Crippen LogP contribution >= 0.6 is 0 Å². The van der Waals surface area contributed by atoms with E-state index in [1.165, 1.54) is 12.1 Å². The summed E-state index contributed by atoms with van der Waals surface area (Å²) in [6.07, 6.45) is -3.57. The van der Waals surface area contributed by atoms with Gasteiger partial charge < -0.3 is 5.73 Å². The molecule has 1 aromatic carbocycles. The first-order valence-corrected chi connectivity index (χ1v) is 4.77. The quantitative estimate of drug-likeness (QED) is 0.855. The molecular formula is C10H7F3N4O. The van der Waals surface area contributed by atoms with Gasteiger partial charge in [0.25, 0.3) is 0 Å². The highest BCUT2D eigenvalue weighted by Crippen LogP contribution is 2.38. The number of aromatic amines is 1. The molecule has 2 rings (SSSR count). The summed E-state index contributed by atoms with van der Waals surface area (Å²) in [7, 11) is 0. The number of alkyl halides is 3. The van der Waals surface area contributed by atoms with Gasteiger partial charge in [-0.2, -0.15) is 28.6 Å². The van der Waals surface area contributed by atoms with Crippen molar-refractivity contribution in [3.63, 3.8) is 0 Å². The van der Waals surface area contributed by atoms with Crippen LogP contribution in [0.1, 0.15) is 15.9 Å². The molecule has 0 unspecified atom stereocenters. The fourth-order valence-corrected chi connectivity index (χ4v) is 1.61. The van der Waals surface area contributed by atoms with Crippen LogP contribution in [0.15, 0.2) is 24.4 Å². The number of hydrogen-bond acceptors (Lipinski definition) is 3. The number of H-pyrrole nitrogens is 1. The van der Waals surface area contributed by atoms with Crippen LogP contribution in [0.2, 0.25) is 0 Å². The predicted octanol–water partition coefficient (Wildman–Crippen LogP) is 1.59. The predicted molar refractivity (Wildman–Crippen MR) is 55.3 cm³/mol. The zero-order chi connectivity index (χ0) is 13.3. The Bertz CT molecular complexity index is 577. The first-order valence-electron chi connectivity index (χ1n) is 4.77. The zero-order valence-corrected chi connectivity index (χ0v) is 8.82. The number of nitrogens with zero attached hydrogens (tertiary/aromatic N) is 2. The van der Waals surface area contributed by atoms with Crippen LogP contribution in [0.3, 0.4) is 0 Å². The van der Waals surface area contributed by atoms with Gasteiger partial charge in [0.05, 0.1) is 17.3 Å². The molecular weight excluding hydrogens is 249 g/mol. The van der Waals surface area contributed by atoms with E-state index in [4.69, 9.17) is 5.73 Å². The summed E-state index contributed by atoms with van der Waals surface area (Å²) in [5.74, 6) is -1.15. The largest absolute Gasteiger partial charge is 0.417 e. The molecule has 0 saturated heterocycles. The van der Waals surface area contributed by atoms with Crippen molar-refractivity contribution in [3.8, 4) is 11.3 Å². The van der Waals surface area contributed by atoms with Gasteiger partial charge in [0, 0.05) is 5.56 Å². The summed E-state index contributed by atoms with van der Waals surface area (Å²) in [5, 5.41) is 9.22. The van der Waals surface area contributed by atoms with E-state index in [0.29, 0.717) is 0 Å². The van der Waals surface area contributed by atoms with E-state index in [0.717, 1.165) is 12.3 Å². The molecule has 1 heterocycles. The second-order valence-electron chi connectivity index (χ2n) is 3.45. The summed E-state index contributed by atoms with van der Waals surface area (Å²) in [4.78, 5) is 11.1. The Balaban J connectivity index is 2.75. The van der Waals surface area contributed by atoms with Crippen molar-refractivity contribution in [2.24, 2.45) is 5.73 Å². The number of benzene rings is 1. The number of amides is 1. The average Bonchev–Trinajstić information content (AvgIpc) is 2.80. The Morgan fingerprint density at radius 3 is 2.56 bits per heavy atom. The Labute approximate surface area is 98.8 Å². The molecule has 0 atom stereocenters. The Morgan fingerprint density at radius 2 is 2.06 bits per heavy atom. The molecule has 18 heavy (non-hydrogen) atoms. The maximum atomic E-state index is 13.0. The summed E-state index contributed by atoms with van der Waals surface area (Å²) in [5.41, 5.74) is 3.00. The smallest absolute Gasteiger partial charge is 0.366 e. The van der Waals surface area contributed by atoms with Gasteiger partial charge in [-0.05, 0) is 6.07 Å². The van der Waals surface area contributed by atoms with E-state index >= 15 is 0 Å². The van der Waals surface area contributed by atoms with Crippen molar-refractivity contribution in [1.82, 2.24) is 15.4 Å². The van der Waals surface area contributed by atoms with Gasteiger partial charge in [-0.15, -0.1) is 0 Å². The number of rotatable bonds is 2. The molecule has 94 valence electrons. The molecule has 0 saturated carbocycles. The molecule has 2 aromatic rings. The van der Waals surface area contributed by atoms with Crippen LogP contribution in [-0.2, 0) is 6.18 Å². The summed E-state index contributed by atoms with van der Waals surface area (Å²) < 4.78 is 39.0. The van der Waals surface area contributed by atoms with Crippen molar-refractivity contribution in [1.29, 1.82) is 0 Å². The topological polar surface area (TPSA) is 84.7 Å². The van der Waals surface area contributed by atoms with Crippen LogP contribution < -0.4 is 5.73 Å². The second kappa shape index (κ2) is 4.13. The minimum absolute atomic E-state index is 0.00887. The average molecular weight is 256 g/mol. The zero-order valence-electron chi connectivity index (χ0n) is 8.82. The van der Waals surface area contributed by atoms with Gasteiger partial charge in [-0.3, -0.25) is 4.79 Å². The fraction of sp³-hybridized carbons (Fsp3) is 0.100. The number of aromatic nitrogens is 3. The Hall–Kier alpha value is -2.38. The van der Waals surface area contributed by atoms with Gasteiger partial charge in [0.1, 0.15) is 5.69 Å². The highest BCUT2D eigenvalue weighted by Gasteiger charge is 2.38. The van der Waals surface area contributed by atoms with Gasteiger partial charge in [0.15, 0.2) is 0 Å². The van der Waals surface area contributed by atoms with E-state index in [1.807, 2.05) is 0 Å². The Kier molecular flexibility index (Phi) is 2.77. The highest BCUT2D eigenvalue weighted by atomic mass is 19.4. The van der Waals surface area contributed by atoms with Crippen LogP contribution in [0.25, 0.3) is 11.3 Å². The molecule has 0 bridgehead atoms. The van der Waals surface area contributed by atoms with Gasteiger partial charge in [-0.25, -0.2) is 0 Å². The van der Waals surface area contributed by atoms with Crippen molar-refractivity contribution in [3.05, 3.63) is 35.5 Å². The van der Waals surface area contributed by atoms with Crippen LogP contribution in [0.4, 0.5) is 13.2 Å². The van der Waals surface area contributed by atoms with Gasteiger partial charge in [-0.1, -0.05) is 12.1 Å². The maximum Gasteiger partial charge on any atom is 0.417 e. The summed E-state index contributed by atoms with van der Waals surface area (Å²) >= 11 is 0. The van der Waals surface area contributed by atoms with Crippen LogP contribution in [0.5, 0.6) is 0 Å². The molecule has 3 N–H and O–H groups in total. The minimum atomic E-state index is -4.71. The third-order valence-corrected chi connectivity index (χ3v) is 2.30. The number of nitrogens with one attached hydrogen (secondary N) is 1. The molecule has 1 aromatic heterocycles. The van der Waals surface area contributed by atoms with E-state index in [9.17, 15) is 18.0 Å². The maximum absolute atomic E-state index is 13.0. The highest BCUT2D eigenvalue weighted by molar-refractivity contribution is 5.96. The van der Waals surface area contributed by atoms with E-state index in [-0.39, 0.29) is 11.3 Å². The van der Waals surface area contributed by atoms with E-state index in [1.54, 1.807) is 0 Å². The number of nitrogens with two attached hydrogens (primary N) is 1. The monoisotopic (exact) mass is 256 g/mol. The van der Waals surface area contributed by atoms with Crippen molar-refractivity contribution >= 4 is 5.91 Å². The molecule has 0 fully saturated rings. The van der Waals surface area contributed by atoms with Crippen molar-refractivity contribution in [2.75, 3.05) is 0 Å². The van der Waals surface area contributed by atoms with Crippen LogP contribution in [0, 0.1) is 0 Å². The molecule has 0 aliphatic rings. The summed E-state index contributed by atoms with van der Waals surface area (Å²) in [6.45, 7) is 0. The number of halogens is 3. The van der Waals surface area contributed by atoms with E-state index in [2.05, 4.69) is 15.4 Å². The number of primary amides is 1. The number of carbonyl (C=O) groups is 1. The normalized spacial score (nSPS) is 11.5. The third kappa shape index (κ3) is 2.04. The molecule has 1 amide bonds. The lowest BCUT2D eigenvalue weighted by Gasteiger charge is -2.14. The lowest BCUT2D eigenvalue weighted by molar-refractivity contribution is -0.137. The lowest BCUT2D eigenvalue weighted by Crippen LogP contribution is -2.19. The molecule has 5 nitrogen and oxygen atoms in total. The first-order chi connectivity index (χ1) is 8.41. The van der Waals surface area contributed by atoms with Crippen LogP contribution in [-0.4, -0.2) is 21.3 Å². The standard InChI is InChI=1S/C10H7F3N4O/c11-10(12,13)8-5(7-4-15-17-16-7)2-1-3-6(8)9(14)18/h1-4H,(H2,14,18)(H,15,16,17). The summed E-state index contributed by atoms with van der Waals surface area (Å²) in [6, 6.07) is 3.53. The van der Waals surface area contributed by atoms with Crippen molar-refractivity contribution in [2.45, 2.75) is 6.18 Å². The minimum Gasteiger partial charge on any atom is -0.366 e. The van der Waals surface area contributed by atoms with Gasteiger partial charge in [0.2, 0.25) is 5.91 Å². The third-order valence-electron chi connectivity index (χ3n) is 2.30. The molecule has 0 spiro atoms. The molecule has 8 heteroatoms.